The first-order chi connectivity index (χ1) is 15.5. The number of amides is 1. The van der Waals surface area contributed by atoms with E-state index in [-0.39, 0.29) is 11.5 Å². The lowest BCUT2D eigenvalue weighted by atomic mass is 9.85. The van der Waals surface area contributed by atoms with Crippen molar-refractivity contribution in [1.82, 2.24) is 0 Å². The van der Waals surface area contributed by atoms with Crippen molar-refractivity contribution in [1.29, 1.82) is 0 Å². The van der Waals surface area contributed by atoms with Gasteiger partial charge in [0.05, 0.1) is 17.3 Å². The molecule has 8 heteroatoms. The number of aliphatic carboxylic acids is 1. The third kappa shape index (κ3) is 5.18. The predicted molar refractivity (Wildman–Crippen MR) is 119 cm³/mol. The molecule has 33 heavy (non-hydrogen) atoms. The van der Waals surface area contributed by atoms with Gasteiger partial charge in [-0.15, -0.1) is 0 Å². The molecule has 2 N–H and O–H groups in total. The number of carboxylic acid groups (broad SMARTS) is 1. The van der Waals surface area contributed by atoms with E-state index in [1.807, 2.05) is 12.1 Å². The van der Waals surface area contributed by atoms with Crippen molar-refractivity contribution in [3.63, 3.8) is 0 Å². The van der Waals surface area contributed by atoms with Crippen LogP contribution in [0.3, 0.4) is 0 Å². The Morgan fingerprint density at radius 3 is 2.30 bits per heavy atom. The van der Waals surface area contributed by atoms with E-state index in [1.54, 1.807) is 6.07 Å². The largest absolute Gasteiger partial charge is 0.481 e. The second kappa shape index (κ2) is 8.67. The fourth-order valence-electron chi connectivity index (χ4n) is 4.32. The van der Waals surface area contributed by atoms with Crippen LogP contribution in [0.5, 0.6) is 0 Å². The van der Waals surface area contributed by atoms with Gasteiger partial charge in [0.25, 0.3) is 0 Å². The van der Waals surface area contributed by atoms with Crippen LogP contribution in [0.2, 0.25) is 5.02 Å². The van der Waals surface area contributed by atoms with Gasteiger partial charge >= 0.3 is 12.1 Å². The summed E-state index contributed by atoms with van der Waals surface area (Å²) in [6.07, 6.45) is -1.16. The van der Waals surface area contributed by atoms with E-state index in [4.69, 9.17) is 11.6 Å². The lowest BCUT2D eigenvalue weighted by Gasteiger charge is -2.26. The van der Waals surface area contributed by atoms with Gasteiger partial charge in [0.15, 0.2) is 0 Å². The first-order valence-electron chi connectivity index (χ1n) is 11.0. The normalized spacial score (nSPS) is 18.9. The Hall–Kier alpha value is -2.54. The van der Waals surface area contributed by atoms with E-state index in [1.165, 1.54) is 24.3 Å². The highest BCUT2D eigenvalue weighted by Crippen LogP contribution is 2.50. The van der Waals surface area contributed by atoms with Crippen LogP contribution in [0, 0.1) is 11.3 Å². The molecule has 2 aromatic rings. The molecule has 0 bridgehead atoms. The van der Waals surface area contributed by atoms with Gasteiger partial charge in [0.2, 0.25) is 5.91 Å². The fourth-order valence-corrected chi connectivity index (χ4v) is 4.44. The zero-order valence-corrected chi connectivity index (χ0v) is 18.8. The van der Waals surface area contributed by atoms with Gasteiger partial charge in [-0.3, -0.25) is 9.59 Å². The molecule has 2 aliphatic rings. The summed E-state index contributed by atoms with van der Waals surface area (Å²) in [7, 11) is 0. The Balaban J connectivity index is 1.64. The number of nitrogens with one attached hydrogen (secondary N) is 1. The Kier molecular flexibility index (Phi) is 6.20. The van der Waals surface area contributed by atoms with Gasteiger partial charge < -0.3 is 10.4 Å². The van der Waals surface area contributed by atoms with E-state index >= 15 is 0 Å². The number of hydrogen-bond donors (Lipinski definition) is 2. The number of halogens is 4. The van der Waals surface area contributed by atoms with Gasteiger partial charge in [-0.1, -0.05) is 42.8 Å². The molecular formula is C25H25ClF3NO3. The lowest BCUT2D eigenvalue weighted by Crippen LogP contribution is -2.34. The predicted octanol–water partition coefficient (Wildman–Crippen LogP) is 6.55. The van der Waals surface area contributed by atoms with Crippen molar-refractivity contribution in [2.45, 2.75) is 57.0 Å². The molecule has 176 valence electrons. The molecule has 0 heterocycles. The highest BCUT2D eigenvalue weighted by atomic mass is 35.5. The summed E-state index contributed by atoms with van der Waals surface area (Å²) in [5.41, 5.74) is 1.55. The molecule has 0 unspecified atom stereocenters. The standard InChI is InChI=1S/C25H25ClF3NO3/c1-14(25(27,28)29)21(17-5-7-18(26)8-6-17)22(31)30-20-12-15(2-9-19(20)16-3-4-16)13-24(10-11-24)23(32)33/h2,5-9,12,14,16,21H,3-4,10-11,13H2,1H3,(H,30,31)(H,32,33)/t14-,21+/m1/s1. The van der Waals surface area contributed by atoms with Crippen molar-refractivity contribution < 1.29 is 27.9 Å². The Bertz CT molecular complexity index is 1060. The minimum atomic E-state index is -4.57. The lowest BCUT2D eigenvalue weighted by molar-refractivity contribution is -0.178. The molecule has 0 spiro atoms. The van der Waals surface area contributed by atoms with Crippen molar-refractivity contribution in [2.24, 2.45) is 11.3 Å². The molecule has 4 nitrogen and oxygen atoms in total. The summed E-state index contributed by atoms with van der Waals surface area (Å²) in [4.78, 5) is 24.8. The number of carbonyl (C=O) groups is 2. The average Bonchev–Trinajstić information content (AvgIpc) is 3.64. The maximum Gasteiger partial charge on any atom is 0.392 e. The van der Waals surface area contributed by atoms with Gasteiger partial charge in [-0.05, 0) is 72.9 Å². The molecule has 0 radical (unpaired) electrons. The molecule has 2 fully saturated rings. The summed E-state index contributed by atoms with van der Waals surface area (Å²) in [5, 5.41) is 12.6. The topological polar surface area (TPSA) is 66.4 Å². The molecule has 0 saturated heterocycles. The molecular weight excluding hydrogens is 455 g/mol. The third-order valence-corrected chi connectivity index (χ3v) is 7.02. The smallest absolute Gasteiger partial charge is 0.392 e. The molecule has 2 saturated carbocycles. The quantitative estimate of drug-likeness (QED) is 0.451. The van der Waals surface area contributed by atoms with Crippen molar-refractivity contribution >= 4 is 29.2 Å². The van der Waals surface area contributed by atoms with Crippen LogP contribution in [0.1, 0.15) is 61.1 Å². The van der Waals surface area contributed by atoms with Gasteiger partial charge in [-0.25, -0.2) is 0 Å². The Labute approximate surface area is 195 Å². The highest BCUT2D eigenvalue weighted by Gasteiger charge is 2.50. The van der Waals surface area contributed by atoms with E-state index in [0.717, 1.165) is 30.9 Å². The van der Waals surface area contributed by atoms with Crippen LogP contribution >= 0.6 is 11.6 Å². The number of alkyl halides is 3. The number of carboxylic acids is 1. The molecule has 2 aromatic carbocycles. The van der Waals surface area contributed by atoms with E-state index < -0.39 is 35.3 Å². The van der Waals surface area contributed by atoms with Gasteiger partial charge in [-0.2, -0.15) is 13.2 Å². The molecule has 0 aliphatic heterocycles. The third-order valence-electron chi connectivity index (χ3n) is 6.77. The van der Waals surface area contributed by atoms with Crippen LogP contribution in [-0.2, 0) is 16.0 Å². The van der Waals surface area contributed by atoms with Crippen molar-refractivity contribution in [3.8, 4) is 0 Å². The van der Waals surface area contributed by atoms with Gasteiger partial charge in [0.1, 0.15) is 0 Å². The summed E-state index contributed by atoms with van der Waals surface area (Å²) < 4.78 is 41.0. The zero-order valence-electron chi connectivity index (χ0n) is 18.1. The molecule has 4 rings (SSSR count). The summed E-state index contributed by atoms with van der Waals surface area (Å²) in [5.74, 6) is -4.71. The second-order valence-corrected chi connectivity index (χ2v) is 9.74. The van der Waals surface area contributed by atoms with Crippen LogP contribution in [0.4, 0.5) is 18.9 Å². The minimum absolute atomic E-state index is 0.230. The fraction of sp³-hybridized carbons (Fsp3) is 0.440. The number of benzene rings is 2. The summed E-state index contributed by atoms with van der Waals surface area (Å²) >= 11 is 5.89. The first kappa shape index (κ1) is 23.6. The highest BCUT2D eigenvalue weighted by molar-refractivity contribution is 6.30. The summed E-state index contributed by atoms with van der Waals surface area (Å²) in [6.45, 7) is 1.00. The van der Waals surface area contributed by atoms with E-state index in [9.17, 15) is 27.9 Å². The first-order valence-corrected chi connectivity index (χ1v) is 11.4. The Morgan fingerprint density at radius 1 is 1.15 bits per heavy atom. The monoisotopic (exact) mass is 479 g/mol. The number of hydrogen-bond acceptors (Lipinski definition) is 2. The Morgan fingerprint density at radius 2 is 1.79 bits per heavy atom. The van der Waals surface area contributed by atoms with Crippen LogP contribution in [-0.4, -0.2) is 23.2 Å². The molecule has 2 aliphatic carbocycles. The second-order valence-electron chi connectivity index (χ2n) is 9.31. The maximum atomic E-state index is 13.7. The van der Waals surface area contributed by atoms with Crippen LogP contribution in [0.15, 0.2) is 42.5 Å². The van der Waals surface area contributed by atoms with Crippen molar-refractivity contribution in [3.05, 3.63) is 64.2 Å². The minimum Gasteiger partial charge on any atom is -0.481 e. The number of anilines is 1. The maximum absolute atomic E-state index is 13.7. The summed E-state index contributed by atoms with van der Waals surface area (Å²) in [6, 6.07) is 11.3. The van der Waals surface area contributed by atoms with Crippen molar-refractivity contribution in [2.75, 3.05) is 5.32 Å². The van der Waals surface area contributed by atoms with E-state index in [2.05, 4.69) is 5.32 Å². The molecule has 1 amide bonds. The van der Waals surface area contributed by atoms with Gasteiger partial charge in [0, 0.05) is 10.7 Å². The molecule has 0 aromatic heterocycles. The van der Waals surface area contributed by atoms with Crippen LogP contribution < -0.4 is 5.32 Å². The number of carbonyl (C=O) groups excluding carboxylic acids is 1. The van der Waals surface area contributed by atoms with Crippen LogP contribution in [0.25, 0.3) is 0 Å². The average molecular weight is 480 g/mol. The van der Waals surface area contributed by atoms with E-state index in [0.29, 0.717) is 30.0 Å². The molecule has 2 atom stereocenters. The number of rotatable bonds is 8. The SMILES string of the molecule is C[C@H]([C@H](C(=O)Nc1cc(CC2(C(=O)O)CC2)ccc1C1CC1)c1ccc(Cl)cc1)C(F)(F)F. The zero-order chi connectivity index (χ0) is 24.0.